The number of hydrogen-bond acceptors (Lipinski definition) is 4. The molecular formula is C15H24ClN3OS. The predicted molar refractivity (Wildman–Crippen MR) is 89.2 cm³/mol. The van der Waals surface area contributed by atoms with Gasteiger partial charge in [-0.25, -0.2) is 0 Å². The largest absolute Gasteiger partial charge is 0.353 e. The van der Waals surface area contributed by atoms with Crippen LogP contribution in [0.5, 0.6) is 0 Å². The lowest BCUT2D eigenvalue weighted by Crippen LogP contribution is -2.47. The molecule has 3 rings (SSSR count). The summed E-state index contributed by atoms with van der Waals surface area (Å²) >= 11 is 1.87. The maximum Gasteiger partial charge on any atom is 0.237 e. The van der Waals surface area contributed by atoms with Crippen molar-refractivity contribution in [1.29, 1.82) is 0 Å². The second kappa shape index (κ2) is 7.58. The maximum atomic E-state index is 12.0. The normalized spacial score (nSPS) is 23.2. The molecule has 2 unspecified atom stereocenters. The Bertz CT molecular complexity index is 473. The summed E-state index contributed by atoms with van der Waals surface area (Å²) in [4.78, 5) is 16.0. The number of carbonyl (C=O) groups is 1. The van der Waals surface area contributed by atoms with Crippen molar-refractivity contribution in [2.24, 2.45) is 0 Å². The number of thiophene rings is 1. The molecule has 21 heavy (non-hydrogen) atoms. The third kappa shape index (κ3) is 3.97. The Labute approximate surface area is 136 Å². The second-order valence-electron chi connectivity index (χ2n) is 5.83. The third-order valence-electron chi connectivity index (χ3n) is 4.41. The van der Waals surface area contributed by atoms with E-state index in [1.165, 1.54) is 10.4 Å². The molecule has 1 fully saturated rings. The van der Waals surface area contributed by atoms with Gasteiger partial charge in [0.15, 0.2) is 0 Å². The number of amides is 1. The van der Waals surface area contributed by atoms with Crippen molar-refractivity contribution in [2.75, 3.05) is 19.6 Å². The van der Waals surface area contributed by atoms with Crippen molar-refractivity contribution >= 4 is 29.7 Å². The van der Waals surface area contributed by atoms with E-state index in [1.54, 1.807) is 0 Å². The summed E-state index contributed by atoms with van der Waals surface area (Å²) in [5.74, 6) is 0.169. The highest BCUT2D eigenvalue weighted by Crippen LogP contribution is 2.24. The number of rotatable bonds is 4. The van der Waals surface area contributed by atoms with Gasteiger partial charge in [0.25, 0.3) is 0 Å². The van der Waals surface area contributed by atoms with Gasteiger partial charge in [-0.05, 0) is 49.7 Å². The molecule has 1 aromatic rings. The zero-order chi connectivity index (χ0) is 13.9. The Kier molecular flexibility index (Phi) is 6.05. The van der Waals surface area contributed by atoms with Gasteiger partial charge in [0.2, 0.25) is 5.91 Å². The van der Waals surface area contributed by atoms with Crippen molar-refractivity contribution in [2.45, 2.75) is 44.8 Å². The van der Waals surface area contributed by atoms with Gasteiger partial charge >= 0.3 is 0 Å². The molecule has 6 heteroatoms. The summed E-state index contributed by atoms with van der Waals surface area (Å²) in [6.07, 6.45) is 3.23. The van der Waals surface area contributed by atoms with E-state index in [4.69, 9.17) is 0 Å². The number of nitrogens with one attached hydrogen (secondary N) is 2. The van der Waals surface area contributed by atoms with Crippen LogP contribution in [0.15, 0.2) is 11.4 Å². The molecule has 0 spiro atoms. The van der Waals surface area contributed by atoms with Gasteiger partial charge in [0.1, 0.15) is 0 Å². The first-order chi connectivity index (χ1) is 9.74. The molecule has 0 bridgehead atoms. The van der Waals surface area contributed by atoms with Crippen LogP contribution < -0.4 is 10.6 Å². The Hall–Kier alpha value is -0.620. The molecular weight excluding hydrogens is 306 g/mol. The van der Waals surface area contributed by atoms with Gasteiger partial charge in [-0.2, -0.15) is 0 Å². The van der Waals surface area contributed by atoms with Gasteiger partial charge in [-0.1, -0.05) is 0 Å². The molecule has 0 radical (unpaired) electrons. The van der Waals surface area contributed by atoms with Gasteiger partial charge in [-0.3, -0.25) is 9.69 Å². The van der Waals surface area contributed by atoms with E-state index in [-0.39, 0.29) is 24.4 Å². The maximum absolute atomic E-state index is 12.0. The van der Waals surface area contributed by atoms with Crippen LogP contribution in [0.4, 0.5) is 0 Å². The van der Waals surface area contributed by atoms with Crippen molar-refractivity contribution in [1.82, 2.24) is 15.5 Å². The van der Waals surface area contributed by atoms with Crippen molar-refractivity contribution in [3.8, 4) is 0 Å². The minimum atomic E-state index is 0. The number of nitrogens with zero attached hydrogens (tertiary/aromatic N) is 1. The first-order valence-corrected chi connectivity index (χ1v) is 8.42. The number of hydrogen-bond donors (Lipinski definition) is 2. The lowest BCUT2D eigenvalue weighted by Gasteiger charge is -2.32. The third-order valence-corrected chi connectivity index (χ3v) is 5.43. The highest BCUT2D eigenvalue weighted by molar-refractivity contribution is 7.10. The Morgan fingerprint density at radius 1 is 1.62 bits per heavy atom. The van der Waals surface area contributed by atoms with Gasteiger partial charge < -0.3 is 10.6 Å². The first-order valence-electron chi connectivity index (χ1n) is 7.54. The van der Waals surface area contributed by atoms with Gasteiger partial charge in [0, 0.05) is 30.6 Å². The smallest absolute Gasteiger partial charge is 0.237 e. The molecule has 0 aromatic carbocycles. The molecule has 2 atom stereocenters. The molecule has 4 nitrogen and oxygen atoms in total. The Morgan fingerprint density at radius 2 is 2.48 bits per heavy atom. The standard InChI is InChI=1S/C15H23N3OS.ClH/c1-11(9-17-15(19)13-3-2-6-16-13)18-7-4-14-12(10-18)5-8-20-14;/h5,8,11,13,16H,2-4,6-7,9-10H2,1H3,(H,17,19);1H. The fraction of sp³-hybridized carbons (Fsp3) is 0.667. The highest BCUT2D eigenvalue weighted by atomic mass is 35.5. The molecule has 2 aliphatic rings. The molecule has 0 aliphatic carbocycles. The molecule has 1 amide bonds. The molecule has 118 valence electrons. The van der Waals surface area contributed by atoms with Gasteiger partial charge in [0.05, 0.1) is 6.04 Å². The van der Waals surface area contributed by atoms with E-state index >= 15 is 0 Å². The summed E-state index contributed by atoms with van der Waals surface area (Å²) in [5, 5.41) is 8.53. The molecule has 0 saturated carbocycles. The highest BCUT2D eigenvalue weighted by Gasteiger charge is 2.24. The average molecular weight is 330 g/mol. The second-order valence-corrected chi connectivity index (χ2v) is 6.83. The zero-order valence-electron chi connectivity index (χ0n) is 12.4. The van der Waals surface area contributed by atoms with E-state index in [0.717, 1.165) is 45.4 Å². The molecule has 1 saturated heterocycles. The van der Waals surface area contributed by atoms with Crippen molar-refractivity contribution < 1.29 is 4.79 Å². The number of carbonyl (C=O) groups excluding carboxylic acids is 1. The van der Waals surface area contributed by atoms with Crippen LogP contribution in [-0.4, -0.2) is 42.5 Å². The van der Waals surface area contributed by atoms with E-state index in [2.05, 4.69) is 33.9 Å². The van der Waals surface area contributed by atoms with Crippen molar-refractivity contribution in [3.63, 3.8) is 0 Å². The summed E-state index contributed by atoms with van der Waals surface area (Å²) < 4.78 is 0. The van der Waals surface area contributed by atoms with Gasteiger partial charge in [-0.15, -0.1) is 23.7 Å². The summed E-state index contributed by atoms with van der Waals surface area (Å²) in [6.45, 7) is 6.06. The van der Waals surface area contributed by atoms with Crippen LogP contribution in [0.2, 0.25) is 0 Å². The van der Waals surface area contributed by atoms with Crippen LogP contribution >= 0.6 is 23.7 Å². The lowest BCUT2D eigenvalue weighted by molar-refractivity contribution is -0.123. The van der Waals surface area contributed by atoms with Crippen LogP contribution in [0, 0.1) is 0 Å². The molecule has 3 heterocycles. The fourth-order valence-electron chi connectivity index (χ4n) is 3.06. The number of halogens is 1. The van der Waals surface area contributed by atoms with E-state index in [9.17, 15) is 4.79 Å². The summed E-state index contributed by atoms with van der Waals surface area (Å²) in [7, 11) is 0. The van der Waals surface area contributed by atoms with Crippen LogP contribution in [0.3, 0.4) is 0 Å². The van der Waals surface area contributed by atoms with Crippen LogP contribution in [-0.2, 0) is 17.8 Å². The first kappa shape index (κ1) is 16.7. The Morgan fingerprint density at radius 3 is 3.24 bits per heavy atom. The summed E-state index contributed by atoms with van der Waals surface area (Å²) in [5.41, 5.74) is 1.47. The lowest BCUT2D eigenvalue weighted by atomic mass is 10.1. The predicted octanol–water partition coefficient (Wildman–Crippen LogP) is 1.78. The fourth-order valence-corrected chi connectivity index (χ4v) is 3.95. The average Bonchev–Trinajstić information content (AvgIpc) is 3.13. The SMILES string of the molecule is CC(CNC(=O)C1CCCN1)N1CCc2sccc2C1.Cl. The molecule has 1 aromatic heterocycles. The Balaban J connectivity index is 0.00000161. The monoisotopic (exact) mass is 329 g/mol. The van der Waals surface area contributed by atoms with E-state index < -0.39 is 0 Å². The minimum absolute atomic E-state index is 0. The van der Waals surface area contributed by atoms with E-state index in [0.29, 0.717) is 6.04 Å². The minimum Gasteiger partial charge on any atom is -0.353 e. The van der Waals surface area contributed by atoms with E-state index in [1.807, 2.05) is 11.3 Å². The topological polar surface area (TPSA) is 44.4 Å². The zero-order valence-corrected chi connectivity index (χ0v) is 14.1. The quantitative estimate of drug-likeness (QED) is 0.885. The summed E-state index contributed by atoms with van der Waals surface area (Å²) in [6, 6.07) is 2.67. The van der Waals surface area contributed by atoms with Crippen LogP contribution in [0.1, 0.15) is 30.2 Å². The van der Waals surface area contributed by atoms with Crippen LogP contribution in [0.25, 0.3) is 0 Å². The molecule has 2 aliphatic heterocycles. The van der Waals surface area contributed by atoms with Crippen molar-refractivity contribution in [3.05, 3.63) is 21.9 Å². The molecule has 2 N–H and O–H groups in total. The number of fused-ring (bicyclic) bond motifs is 1.